The Morgan fingerprint density at radius 2 is 1.81 bits per heavy atom. The first-order valence-electron chi connectivity index (χ1n) is 12.8. The molecule has 4 rings (SSSR count). The topological polar surface area (TPSA) is 52.1 Å². The van der Waals surface area contributed by atoms with Gasteiger partial charge in [-0.1, -0.05) is 24.6 Å². The molecule has 1 aromatic carbocycles. The molecular formula is C26H43N5O. The van der Waals surface area contributed by atoms with Crippen LogP contribution in [0.5, 0.6) is 5.75 Å². The highest BCUT2D eigenvalue weighted by Gasteiger charge is 2.39. The third-order valence-corrected chi connectivity index (χ3v) is 7.43. The van der Waals surface area contributed by atoms with Crippen molar-refractivity contribution in [2.75, 3.05) is 52.9 Å². The highest BCUT2D eigenvalue weighted by Crippen LogP contribution is 2.31. The normalized spacial score (nSPS) is 22.5. The molecule has 2 aliphatic heterocycles. The molecule has 32 heavy (non-hydrogen) atoms. The van der Waals surface area contributed by atoms with Crippen LogP contribution in [-0.4, -0.2) is 74.2 Å². The van der Waals surface area contributed by atoms with E-state index in [1.54, 1.807) is 0 Å². The second kappa shape index (κ2) is 11.4. The quantitative estimate of drug-likeness (QED) is 0.454. The Balaban J connectivity index is 1.41. The van der Waals surface area contributed by atoms with Gasteiger partial charge in [0.2, 0.25) is 0 Å². The van der Waals surface area contributed by atoms with Crippen LogP contribution in [0.3, 0.4) is 0 Å². The zero-order chi connectivity index (χ0) is 22.2. The Labute approximate surface area is 194 Å². The Hall–Kier alpha value is -1.79. The Kier molecular flexibility index (Phi) is 8.31. The summed E-state index contributed by atoms with van der Waals surface area (Å²) in [6, 6.07) is 8.36. The maximum absolute atomic E-state index is 6.09. The molecule has 6 nitrogen and oxygen atoms in total. The molecule has 0 unspecified atom stereocenters. The van der Waals surface area contributed by atoms with Crippen molar-refractivity contribution in [3.8, 4) is 5.75 Å². The number of aliphatic imine (C=N–C) groups is 1. The molecule has 1 aliphatic carbocycles. The molecule has 1 saturated carbocycles. The van der Waals surface area contributed by atoms with Crippen molar-refractivity contribution in [1.82, 2.24) is 20.4 Å². The molecular weight excluding hydrogens is 398 g/mol. The van der Waals surface area contributed by atoms with E-state index in [0.29, 0.717) is 6.54 Å². The standard InChI is InChI=1S/C26H43N5O/c1-3-27-25(28-19-23-9-5-6-10-24(23)32-20-22-11-12-22)29-21-26(13-17-30(2)18-14-26)31-15-7-4-8-16-31/h5-6,9-10,22H,3-4,7-8,11-21H2,1-2H3,(H2,27,28,29). The molecule has 1 aromatic rings. The highest BCUT2D eigenvalue weighted by atomic mass is 16.5. The number of rotatable bonds is 9. The van der Waals surface area contributed by atoms with Crippen molar-refractivity contribution in [1.29, 1.82) is 0 Å². The van der Waals surface area contributed by atoms with Gasteiger partial charge in [-0.3, -0.25) is 4.90 Å². The van der Waals surface area contributed by atoms with E-state index in [2.05, 4.69) is 58.7 Å². The van der Waals surface area contributed by atoms with Gasteiger partial charge in [-0.2, -0.15) is 0 Å². The van der Waals surface area contributed by atoms with Gasteiger partial charge in [0.05, 0.1) is 13.2 Å². The largest absolute Gasteiger partial charge is 0.493 e. The molecule has 6 heteroatoms. The summed E-state index contributed by atoms with van der Waals surface area (Å²) >= 11 is 0. The van der Waals surface area contributed by atoms with E-state index in [1.165, 1.54) is 71.1 Å². The monoisotopic (exact) mass is 441 g/mol. The van der Waals surface area contributed by atoms with E-state index in [-0.39, 0.29) is 5.54 Å². The van der Waals surface area contributed by atoms with Crippen LogP contribution in [0, 0.1) is 5.92 Å². The molecule has 0 bridgehead atoms. The number of guanidine groups is 1. The number of nitrogens with one attached hydrogen (secondary N) is 2. The second-order valence-electron chi connectivity index (χ2n) is 9.99. The van der Waals surface area contributed by atoms with Crippen molar-refractivity contribution >= 4 is 5.96 Å². The van der Waals surface area contributed by atoms with Gasteiger partial charge in [0, 0.05) is 24.2 Å². The molecule has 0 spiro atoms. The second-order valence-corrected chi connectivity index (χ2v) is 9.99. The lowest BCUT2D eigenvalue weighted by atomic mass is 9.84. The summed E-state index contributed by atoms with van der Waals surface area (Å²) in [5.74, 6) is 2.66. The lowest BCUT2D eigenvalue weighted by Gasteiger charge is -2.50. The summed E-state index contributed by atoms with van der Waals surface area (Å²) in [6.07, 6.45) is 9.13. The summed E-state index contributed by atoms with van der Waals surface area (Å²) in [5, 5.41) is 7.20. The molecule has 2 saturated heterocycles. The van der Waals surface area contributed by atoms with Crippen LogP contribution >= 0.6 is 0 Å². The molecule has 178 valence electrons. The molecule has 0 aromatic heterocycles. The van der Waals surface area contributed by atoms with E-state index < -0.39 is 0 Å². The van der Waals surface area contributed by atoms with Crippen LogP contribution in [0.15, 0.2) is 29.3 Å². The van der Waals surface area contributed by atoms with Gasteiger partial charge in [-0.05, 0) is 90.7 Å². The first-order valence-corrected chi connectivity index (χ1v) is 12.8. The molecule has 2 N–H and O–H groups in total. The van der Waals surface area contributed by atoms with Crippen molar-refractivity contribution in [3.05, 3.63) is 29.8 Å². The van der Waals surface area contributed by atoms with Crippen molar-refractivity contribution in [2.24, 2.45) is 10.9 Å². The Bertz CT molecular complexity index is 733. The Morgan fingerprint density at radius 3 is 2.53 bits per heavy atom. The minimum atomic E-state index is 0.244. The maximum atomic E-state index is 6.09. The van der Waals surface area contributed by atoms with Gasteiger partial charge in [0.1, 0.15) is 5.75 Å². The number of likely N-dealkylation sites (tertiary alicyclic amines) is 2. The minimum Gasteiger partial charge on any atom is -0.493 e. The Morgan fingerprint density at radius 1 is 1.06 bits per heavy atom. The summed E-state index contributed by atoms with van der Waals surface area (Å²) in [6.45, 7) is 10.3. The fourth-order valence-electron chi connectivity index (χ4n) is 5.03. The SMILES string of the molecule is CCNC(=NCc1ccccc1OCC1CC1)NCC1(N2CCCCC2)CCN(C)CC1. The predicted molar refractivity (Wildman–Crippen MR) is 132 cm³/mol. The van der Waals surface area contributed by atoms with Crippen molar-refractivity contribution < 1.29 is 4.74 Å². The zero-order valence-corrected chi connectivity index (χ0v) is 20.2. The third-order valence-electron chi connectivity index (χ3n) is 7.43. The van der Waals surface area contributed by atoms with Crippen LogP contribution < -0.4 is 15.4 Å². The lowest BCUT2D eigenvalue weighted by Crippen LogP contribution is -2.62. The fraction of sp³-hybridized carbons (Fsp3) is 0.731. The first kappa shape index (κ1) is 23.4. The molecule has 3 aliphatic rings. The van der Waals surface area contributed by atoms with Gasteiger partial charge in [0.25, 0.3) is 0 Å². The van der Waals surface area contributed by atoms with Gasteiger partial charge < -0.3 is 20.3 Å². The van der Waals surface area contributed by atoms with E-state index in [4.69, 9.17) is 9.73 Å². The average molecular weight is 442 g/mol. The van der Waals surface area contributed by atoms with Crippen LogP contribution in [0.2, 0.25) is 0 Å². The molecule has 0 atom stereocenters. The van der Waals surface area contributed by atoms with E-state index in [1.807, 2.05) is 0 Å². The smallest absolute Gasteiger partial charge is 0.191 e. The predicted octanol–water partition coefficient (Wildman–Crippen LogP) is 3.48. The van der Waals surface area contributed by atoms with Crippen molar-refractivity contribution in [2.45, 2.75) is 64.0 Å². The van der Waals surface area contributed by atoms with Crippen molar-refractivity contribution in [3.63, 3.8) is 0 Å². The summed E-state index contributed by atoms with van der Waals surface area (Å²) in [7, 11) is 2.25. The number of benzene rings is 1. The van der Waals surface area contributed by atoms with E-state index in [0.717, 1.165) is 42.9 Å². The van der Waals surface area contributed by atoms with Crippen LogP contribution in [0.4, 0.5) is 0 Å². The summed E-state index contributed by atoms with van der Waals surface area (Å²) in [5.41, 5.74) is 1.41. The van der Waals surface area contributed by atoms with E-state index >= 15 is 0 Å². The summed E-state index contributed by atoms with van der Waals surface area (Å²) in [4.78, 5) is 10.2. The van der Waals surface area contributed by atoms with Crippen LogP contribution in [-0.2, 0) is 6.54 Å². The number of hydrogen-bond donors (Lipinski definition) is 2. The number of ether oxygens (including phenoxy) is 1. The maximum Gasteiger partial charge on any atom is 0.191 e. The van der Waals surface area contributed by atoms with Crippen LogP contribution in [0.25, 0.3) is 0 Å². The third kappa shape index (κ3) is 6.38. The molecule has 2 heterocycles. The van der Waals surface area contributed by atoms with Gasteiger partial charge in [-0.15, -0.1) is 0 Å². The lowest BCUT2D eigenvalue weighted by molar-refractivity contribution is 0.0173. The molecule has 0 radical (unpaired) electrons. The van der Waals surface area contributed by atoms with Crippen LogP contribution in [0.1, 0.15) is 57.4 Å². The zero-order valence-electron chi connectivity index (χ0n) is 20.2. The van der Waals surface area contributed by atoms with Gasteiger partial charge in [0.15, 0.2) is 5.96 Å². The molecule has 0 amide bonds. The highest BCUT2D eigenvalue weighted by molar-refractivity contribution is 5.79. The number of hydrogen-bond acceptors (Lipinski definition) is 4. The van der Waals surface area contributed by atoms with E-state index in [9.17, 15) is 0 Å². The number of piperidine rings is 2. The number of para-hydroxylation sites is 1. The van der Waals surface area contributed by atoms with Gasteiger partial charge in [-0.25, -0.2) is 4.99 Å². The van der Waals surface area contributed by atoms with Gasteiger partial charge >= 0.3 is 0 Å². The average Bonchev–Trinajstić information content (AvgIpc) is 3.66. The summed E-state index contributed by atoms with van der Waals surface area (Å²) < 4.78 is 6.09. The molecule has 3 fully saturated rings. The first-order chi connectivity index (χ1) is 15.7. The fourth-order valence-corrected chi connectivity index (χ4v) is 5.03. The minimum absolute atomic E-state index is 0.244. The number of nitrogens with zero attached hydrogens (tertiary/aromatic N) is 3.